The number of hydrogen-bond donors (Lipinski definition) is 1. The highest BCUT2D eigenvalue weighted by atomic mass is 16.3. The Bertz CT molecular complexity index is 408. The molecule has 0 radical (unpaired) electrons. The van der Waals surface area contributed by atoms with E-state index in [1.165, 1.54) is 5.56 Å². The molecule has 1 N–H and O–H groups in total. The van der Waals surface area contributed by atoms with Crippen molar-refractivity contribution in [2.75, 3.05) is 13.1 Å². The van der Waals surface area contributed by atoms with E-state index in [1.807, 2.05) is 18.2 Å². The van der Waals surface area contributed by atoms with Crippen molar-refractivity contribution in [1.29, 1.82) is 0 Å². The van der Waals surface area contributed by atoms with Crippen molar-refractivity contribution in [3.63, 3.8) is 0 Å². The van der Waals surface area contributed by atoms with E-state index < -0.39 is 5.60 Å². The highest BCUT2D eigenvalue weighted by Gasteiger charge is 2.36. The molecule has 1 saturated heterocycles. The number of Topliss-reactive ketones (excluding diaryl/α,β-unsaturated/α-hetero) is 1. The molecule has 3 heteroatoms. The largest absolute Gasteiger partial charge is 0.390 e. The summed E-state index contributed by atoms with van der Waals surface area (Å²) in [6.07, 6.45) is 0.745. The summed E-state index contributed by atoms with van der Waals surface area (Å²) in [6, 6.07) is 10.2. The first kappa shape index (κ1) is 13.2. The minimum atomic E-state index is -0.893. The van der Waals surface area contributed by atoms with E-state index in [0.29, 0.717) is 6.54 Å². The van der Waals surface area contributed by atoms with Crippen molar-refractivity contribution in [2.45, 2.75) is 32.4 Å². The third kappa shape index (κ3) is 3.18. The van der Waals surface area contributed by atoms with Gasteiger partial charge < -0.3 is 5.11 Å². The second-order valence-electron chi connectivity index (χ2n) is 5.66. The van der Waals surface area contributed by atoms with Crippen LogP contribution < -0.4 is 0 Å². The summed E-state index contributed by atoms with van der Waals surface area (Å²) in [5.41, 5.74) is 0.336. The lowest BCUT2D eigenvalue weighted by atomic mass is 9.82. The van der Waals surface area contributed by atoms with Crippen LogP contribution in [0.1, 0.15) is 25.8 Å². The predicted octanol–water partition coefficient (Wildman–Crippen LogP) is 1.85. The van der Waals surface area contributed by atoms with Gasteiger partial charge in [-0.15, -0.1) is 0 Å². The number of benzene rings is 1. The average molecular weight is 247 g/mol. The Kier molecular flexibility index (Phi) is 3.83. The smallest absolute Gasteiger partial charge is 0.152 e. The molecule has 1 aliphatic heterocycles. The Balaban J connectivity index is 1.95. The maximum absolute atomic E-state index is 12.0. The normalized spacial score (nSPS) is 22.2. The fourth-order valence-corrected chi connectivity index (χ4v) is 2.61. The van der Waals surface area contributed by atoms with E-state index in [2.05, 4.69) is 17.0 Å². The van der Waals surface area contributed by atoms with Crippen LogP contribution in [-0.4, -0.2) is 34.5 Å². The molecule has 0 aliphatic carbocycles. The molecule has 1 atom stereocenters. The van der Waals surface area contributed by atoms with Crippen LogP contribution in [0.25, 0.3) is 0 Å². The van der Waals surface area contributed by atoms with E-state index in [9.17, 15) is 9.90 Å². The zero-order valence-corrected chi connectivity index (χ0v) is 11.1. The molecule has 0 aromatic heterocycles. The number of nitrogens with zero attached hydrogens (tertiary/aromatic N) is 1. The first-order valence-corrected chi connectivity index (χ1v) is 6.48. The molecule has 18 heavy (non-hydrogen) atoms. The number of aliphatic hydroxyl groups is 1. The average Bonchev–Trinajstić information content (AvgIpc) is 2.28. The summed E-state index contributed by atoms with van der Waals surface area (Å²) >= 11 is 0. The van der Waals surface area contributed by atoms with Crippen LogP contribution >= 0.6 is 0 Å². The molecule has 0 spiro atoms. The second-order valence-corrected chi connectivity index (χ2v) is 5.66. The van der Waals surface area contributed by atoms with E-state index in [-0.39, 0.29) is 11.7 Å². The summed E-state index contributed by atoms with van der Waals surface area (Å²) < 4.78 is 0. The maximum atomic E-state index is 12.0. The molecule has 1 aromatic rings. The van der Waals surface area contributed by atoms with E-state index >= 15 is 0 Å². The number of rotatable bonds is 3. The molecule has 1 unspecified atom stereocenters. The molecule has 1 heterocycles. The van der Waals surface area contributed by atoms with Crippen molar-refractivity contribution in [3.05, 3.63) is 35.9 Å². The molecule has 2 rings (SSSR count). The summed E-state index contributed by atoms with van der Waals surface area (Å²) in [4.78, 5) is 14.2. The van der Waals surface area contributed by atoms with Gasteiger partial charge in [0, 0.05) is 12.5 Å². The fourth-order valence-electron chi connectivity index (χ4n) is 2.61. The van der Waals surface area contributed by atoms with Gasteiger partial charge in [-0.05, 0) is 32.4 Å². The number of likely N-dealkylation sites (tertiary alicyclic amines) is 1. The predicted molar refractivity (Wildman–Crippen MR) is 71.1 cm³/mol. The fraction of sp³-hybridized carbons (Fsp3) is 0.533. The number of hydrogen-bond acceptors (Lipinski definition) is 3. The van der Waals surface area contributed by atoms with Crippen molar-refractivity contribution in [2.24, 2.45) is 5.92 Å². The molecule has 0 amide bonds. The zero-order valence-electron chi connectivity index (χ0n) is 11.1. The molecule has 98 valence electrons. The Morgan fingerprint density at radius 1 is 1.33 bits per heavy atom. The van der Waals surface area contributed by atoms with Gasteiger partial charge in [-0.3, -0.25) is 9.69 Å². The third-order valence-electron chi connectivity index (χ3n) is 3.60. The van der Waals surface area contributed by atoms with E-state index in [4.69, 9.17) is 0 Å². The van der Waals surface area contributed by atoms with Crippen molar-refractivity contribution in [3.8, 4) is 0 Å². The molecular formula is C15H21NO2. The Morgan fingerprint density at radius 3 is 2.56 bits per heavy atom. The van der Waals surface area contributed by atoms with Crippen LogP contribution in [0.5, 0.6) is 0 Å². The van der Waals surface area contributed by atoms with Crippen LogP contribution in [-0.2, 0) is 11.3 Å². The highest BCUT2D eigenvalue weighted by molar-refractivity contribution is 5.84. The van der Waals surface area contributed by atoms with Gasteiger partial charge in [0.15, 0.2) is 5.78 Å². The lowest BCUT2D eigenvalue weighted by molar-refractivity contribution is -0.135. The van der Waals surface area contributed by atoms with Gasteiger partial charge in [-0.1, -0.05) is 30.3 Å². The van der Waals surface area contributed by atoms with Gasteiger partial charge in [-0.2, -0.15) is 0 Å². The van der Waals surface area contributed by atoms with Gasteiger partial charge in [0.25, 0.3) is 0 Å². The first-order chi connectivity index (χ1) is 8.47. The summed E-state index contributed by atoms with van der Waals surface area (Å²) in [6.45, 7) is 5.58. The zero-order chi connectivity index (χ0) is 13.2. The highest BCUT2D eigenvalue weighted by Crippen LogP contribution is 2.26. The van der Waals surface area contributed by atoms with Gasteiger partial charge in [0.2, 0.25) is 0 Å². The molecule has 0 saturated carbocycles. The Labute approximate surface area is 108 Å². The van der Waals surface area contributed by atoms with Crippen LogP contribution in [0.15, 0.2) is 30.3 Å². The van der Waals surface area contributed by atoms with Gasteiger partial charge in [0.05, 0.1) is 12.1 Å². The number of carbonyl (C=O) groups is 1. The van der Waals surface area contributed by atoms with E-state index in [1.54, 1.807) is 13.8 Å². The van der Waals surface area contributed by atoms with Crippen LogP contribution in [0.2, 0.25) is 0 Å². The number of ketones is 1. The Hall–Kier alpha value is -1.19. The lowest BCUT2D eigenvalue weighted by Gasteiger charge is -2.36. The Morgan fingerprint density at radius 2 is 2.00 bits per heavy atom. The number of carbonyl (C=O) groups excluding carboxylic acids is 1. The summed E-state index contributed by atoms with van der Waals surface area (Å²) in [7, 11) is 0. The quantitative estimate of drug-likeness (QED) is 0.886. The van der Waals surface area contributed by atoms with Crippen LogP contribution in [0.4, 0.5) is 0 Å². The van der Waals surface area contributed by atoms with Crippen LogP contribution in [0.3, 0.4) is 0 Å². The second kappa shape index (κ2) is 5.21. The molecule has 1 fully saturated rings. The molecule has 1 aromatic carbocycles. The molecular weight excluding hydrogens is 226 g/mol. The summed E-state index contributed by atoms with van der Waals surface area (Å²) in [5.74, 6) is -0.0609. The molecule has 3 nitrogen and oxygen atoms in total. The minimum Gasteiger partial charge on any atom is -0.390 e. The molecule has 1 aliphatic rings. The van der Waals surface area contributed by atoms with Crippen molar-refractivity contribution in [1.82, 2.24) is 4.90 Å². The van der Waals surface area contributed by atoms with Gasteiger partial charge in [0.1, 0.15) is 0 Å². The van der Waals surface area contributed by atoms with Crippen molar-refractivity contribution < 1.29 is 9.90 Å². The first-order valence-electron chi connectivity index (χ1n) is 6.48. The standard InChI is InChI=1S/C15H21NO2/c1-15(2,18)13-8-9-16(11-14(13)17)10-12-6-4-3-5-7-12/h3-7,13,18H,8-11H2,1-2H3. The topological polar surface area (TPSA) is 40.5 Å². The minimum absolute atomic E-state index is 0.157. The monoisotopic (exact) mass is 247 g/mol. The van der Waals surface area contributed by atoms with Crippen LogP contribution in [0, 0.1) is 5.92 Å². The molecule has 0 bridgehead atoms. The van der Waals surface area contributed by atoms with E-state index in [0.717, 1.165) is 19.5 Å². The number of piperidine rings is 1. The third-order valence-corrected chi connectivity index (χ3v) is 3.60. The van der Waals surface area contributed by atoms with Gasteiger partial charge >= 0.3 is 0 Å². The van der Waals surface area contributed by atoms with Crippen molar-refractivity contribution >= 4 is 5.78 Å². The summed E-state index contributed by atoms with van der Waals surface area (Å²) in [5, 5.41) is 9.95. The van der Waals surface area contributed by atoms with Gasteiger partial charge in [-0.25, -0.2) is 0 Å². The maximum Gasteiger partial charge on any atom is 0.152 e. The lowest BCUT2D eigenvalue weighted by Crippen LogP contribution is -2.48. The SMILES string of the molecule is CC(C)(O)C1CCN(Cc2ccccc2)CC1=O.